The second-order valence-corrected chi connectivity index (χ2v) is 12.1. The third-order valence-electron chi connectivity index (χ3n) is 7.29. The summed E-state index contributed by atoms with van der Waals surface area (Å²) in [6.07, 6.45) is -1.45. The second kappa shape index (κ2) is 13.0. The molecule has 0 radical (unpaired) electrons. The number of anilines is 1. The normalized spacial score (nSPS) is 19.5. The van der Waals surface area contributed by atoms with Gasteiger partial charge in [0.2, 0.25) is 0 Å². The van der Waals surface area contributed by atoms with Crippen molar-refractivity contribution in [1.82, 2.24) is 9.88 Å². The third kappa shape index (κ3) is 7.98. The number of alkyl halides is 3. The average molecular weight is 608 g/mol. The largest absolute Gasteiger partial charge is 0.444 e. The topological polar surface area (TPSA) is 79.0 Å². The van der Waals surface area contributed by atoms with Gasteiger partial charge in [0.05, 0.1) is 12.2 Å². The molecule has 0 aliphatic carbocycles. The molecule has 2 aromatic carbocycles. The highest BCUT2D eigenvalue weighted by Gasteiger charge is 2.42. The molecule has 7 nitrogen and oxygen atoms in total. The van der Waals surface area contributed by atoms with E-state index in [0.717, 1.165) is 17.7 Å². The Hall–Kier alpha value is -3.24. The molecule has 228 valence electrons. The number of aromatic nitrogens is 1. The van der Waals surface area contributed by atoms with Crippen LogP contribution in [0.3, 0.4) is 0 Å². The van der Waals surface area contributed by atoms with Gasteiger partial charge >= 0.3 is 12.3 Å². The second-order valence-electron chi connectivity index (χ2n) is 11.7. The predicted octanol–water partition coefficient (Wildman–Crippen LogP) is 7.64. The van der Waals surface area contributed by atoms with Crippen LogP contribution in [0.2, 0.25) is 5.02 Å². The van der Waals surface area contributed by atoms with Crippen LogP contribution in [0.5, 0.6) is 0 Å². The molecule has 0 unspecified atom stereocenters. The van der Waals surface area contributed by atoms with E-state index in [1.54, 1.807) is 0 Å². The van der Waals surface area contributed by atoms with Crippen molar-refractivity contribution in [2.75, 3.05) is 4.90 Å². The van der Waals surface area contributed by atoms with Crippen molar-refractivity contribution in [1.29, 1.82) is 0 Å². The van der Waals surface area contributed by atoms with E-state index < -0.39 is 23.4 Å². The number of oxazole rings is 1. The number of benzene rings is 2. The van der Waals surface area contributed by atoms with Crippen molar-refractivity contribution in [3.8, 4) is 0 Å². The number of aliphatic hydroxyl groups excluding tert-OH is 1. The number of piperidine rings is 1. The maximum atomic E-state index is 13.6. The number of nitrogens with zero attached hydrogens (tertiary/aromatic N) is 3. The minimum Gasteiger partial charge on any atom is -0.444 e. The van der Waals surface area contributed by atoms with E-state index in [1.807, 2.05) is 67.8 Å². The predicted molar refractivity (Wildman–Crippen MR) is 154 cm³/mol. The molecule has 1 N–H and O–H groups in total. The number of likely N-dealkylation sites (tertiary alicyclic amines) is 1. The summed E-state index contributed by atoms with van der Waals surface area (Å²) < 4.78 is 52.4. The van der Waals surface area contributed by atoms with Crippen LogP contribution in [0.15, 0.2) is 59.2 Å². The Morgan fingerprint density at radius 2 is 1.81 bits per heavy atom. The fourth-order valence-electron chi connectivity index (χ4n) is 5.50. The van der Waals surface area contributed by atoms with Crippen molar-refractivity contribution in [3.63, 3.8) is 0 Å². The van der Waals surface area contributed by atoms with E-state index in [9.17, 15) is 23.1 Å². The van der Waals surface area contributed by atoms with Crippen molar-refractivity contribution >= 4 is 23.7 Å². The molecule has 3 aromatic rings. The van der Waals surface area contributed by atoms with Gasteiger partial charge in [0.1, 0.15) is 17.6 Å². The van der Waals surface area contributed by atoms with Gasteiger partial charge in [-0.15, -0.1) is 0 Å². The van der Waals surface area contributed by atoms with Gasteiger partial charge in [-0.2, -0.15) is 18.2 Å². The lowest BCUT2D eigenvalue weighted by Gasteiger charge is -2.48. The number of ether oxygens (including phenoxy) is 1. The molecule has 11 heteroatoms. The van der Waals surface area contributed by atoms with Gasteiger partial charge in [-0.05, 0) is 75.8 Å². The van der Waals surface area contributed by atoms with Gasteiger partial charge in [0, 0.05) is 29.7 Å². The lowest BCUT2D eigenvalue weighted by molar-refractivity contribution is -0.137. The maximum absolute atomic E-state index is 13.6. The SMILES string of the molecule is CC[C@@H]1C[C@H](N(Cc2cc(Cl)cc(C(F)(F)F)c2)c2nc(CO)co2)C[C@H](Cc2ccccc2)N1C(=O)OC(C)(C)C. The fourth-order valence-corrected chi connectivity index (χ4v) is 5.76. The Bertz CT molecular complexity index is 1340. The van der Waals surface area contributed by atoms with E-state index in [-0.39, 0.29) is 42.3 Å². The minimum atomic E-state index is -4.57. The molecule has 0 bridgehead atoms. The third-order valence-corrected chi connectivity index (χ3v) is 7.51. The number of hydrogen-bond acceptors (Lipinski definition) is 6. The van der Waals surface area contributed by atoms with Crippen LogP contribution < -0.4 is 4.90 Å². The number of carbonyl (C=O) groups is 1. The maximum Gasteiger partial charge on any atom is 0.416 e. The summed E-state index contributed by atoms with van der Waals surface area (Å²) in [6, 6.07) is 12.7. The summed E-state index contributed by atoms with van der Waals surface area (Å²) in [6.45, 7) is 7.16. The standard InChI is InChI=1S/C31H37ClF3N3O4/c1-5-25-15-26(16-27(13-20-9-7-6-8-10-20)38(25)29(40)42-30(2,3)4)37(28-36-24(18-39)19-41-28)17-21-11-22(31(33,34)35)14-23(32)12-21/h6-12,14,19,25-27,39H,5,13,15-18H2,1-4H3/t25-,26+,27+/m1/s1. The van der Waals surface area contributed by atoms with Gasteiger partial charge < -0.3 is 24.1 Å². The molecule has 1 saturated heterocycles. The molecule has 0 saturated carbocycles. The summed E-state index contributed by atoms with van der Waals surface area (Å²) >= 11 is 6.11. The van der Waals surface area contributed by atoms with Gasteiger partial charge in [-0.1, -0.05) is 48.9 Å². The van der Waals surface area contributed by atoms with Gasteiger partial charge in [-0.3, -0.25) is 0 Å². The van der Waals surface area contributed by atoms with Crippen molar-refractivity contribution in [3.05, 3.63) is 82.2 Å². The molecule has 1 fully saturated rings. The van der Waals surface area contributed by atoms with Crippen molar-refractivity contribution in [2.45, 2.75) is 96.4 Å². The Morgan fingerprint density at radius 1 is 1.12 bits per heavy atom. The van der Waals surface area contributed by atoms with E-state index in [2.05, 4.69) is 4.98 Å². The Morgan fingerprint density at radius 3 is 2.40 bits per heavy atom. The van der Waals surface area contributed by atoms with Crippen LogP contribution >= 0.6 is 11.6 Å². The first kappa shape index (κ1) is 31.7. The Balaban J connectivity index is 1.74. The minimum absolute atomic E-state index is 0.0284. The first-order valence-electron chi connectivity index (χ1n) is 14.0. The number of carbonyl (C=O) groups excluding carboxylic acids is 1. The zero-order valence-electron chi connectivity index (χ0n) is 24.2. The quantitative estimate of drug-likeness (QED) is 0.284. The molecule has 1 aromatic heterocycles. The molecule has 1 aliphatic rings. The fraction of sp³-hybridized carbons (Fsp3) is 0.484. The lowest BCUT2D eigenvalue weighted by atomic mass is 9.86. The Kier molecular flexibility index (Phi) is 9.77. The molecular formula is C31H37ClF3N3O4. The van der Waals surface area contributed by atoms with Crippen LogP contribution in [0, 0.1) is 0 Å². The highest BCUT2D eigenvalue weighted by molar-refractivity contribution is 6.30. The molecule has 0 spiro atoms. The highest BCUT2D eigenvalue weighted by Crippen LogP contribution is 2.36. The molecular weight excluding hydrogens is 571 g/mol. The number of amides is 1. The van der Waals surface area contributed by atoms with Crippen LogP contribution in [-0.2, 0) is 30.5 Å². The van der Waals surface area contributed by atoms with E-state index in [0.29, 0.717) is 36.9 Å². The number of hydrogen-bond donors (Lipinski definition) is 1. The van der Waals surface area contributed by atoms with E-state index >= 15 is 0 Å². The summed E-state index contributed by atoms with van der Waals surface area (Å²) in [7, 11) is 0. The molecule has 1 amide bonds. The number of rotatable bonds is 8. The molecule has 42 heavy (non-hydrogen) atoms. The lowest BCUT2D eigenvalue weighted by Crippen LogP contribution is -2.58. The van der Waals surface area contributed by atoms with Crippen LogP contribution in [0.25, 0.3) is 0 Å². The summed E-state index contributed by atoms with van der Waals surface area (Å²) in [5.74, 6) is 0. The van der Waals surface area contributed by atoms with Crippen LogP contribution in [0.4, 0.5) is 24.0 Å². The zero-order valence-corrected chi connectivity index (χ0v) is 25.0. The van der Waals surface area contributed by atoms with Crippen LogP contribution in [-0.4, -0.2) is 44.8 Å². The van der Waals surface area contributed by atoms with Gasteiger partial charge in [-0.25, -0.2) is 4.79 Å². The number of aliphatic hydroxyl groups is 1. The zero-order chi connectivity index (χ0) is 30.7. The smallest absolute Gasteiger partial charge is 0.416 e. The van der Waals surface area contributed by atoms with Crippen molar-refractivity contribution in [2.24, 2.45) is 0 Å². The van der Waals surface area contributed by atoms with Gasteiger partial charge in [0.25, 0.3) is 6.01 Å². The molecule has 3 atom stereocenters. The number of halogens is 4. The summed E-state index contributed by atoms with van der Waals surface area (Å²) in [4.78, 5) is 21.6. The summed E-state index contributed by atoms with van der Waals surface area (Å²) in [5.41, 5.74) is 0.150. The highest BCUT2D eigenvalue weighted by atomic mass is 35.5. The molecule has 4 rings (SSSR count). The van der Waals surface area contributed by atoms with E-state index in [1.165, 1.54) is 12.3 Å². The summed E-state index contributed by atoms with van der Waals surface area (Å²) in [5, 5.41) is 9.60. The first-order valence-corrected chi connectivity index (χ1v) is 14.4. The van der Waals surface area contributed by atoms with Gasteiger partial charge in [0.15, 0.2) is 0 Å². The Labute approximate surface area is 249 Å². The molecule has 1 aliphatic heterocycles. The van der Waals surface area contributed by atoms with Crippen molar-refractivity contribution < 1.29 is 32.2 Å². The molecule has 2 heterocycles. The monoisotopic (exact) mass is 607 g/mol. The van der Waals surface area contributed by atoms with E-state index in [4.69, 9.17) is 20.8 Å². The van der Waals surface area contributed by atoms with Crippen LogP contribution in [0.1, 0.15) is 69.3 Å². The first-order chi connectivity index (χ1) is 19.8. The average Bonchev–Trinajstić information content (AvgIpc) is 3.39.